The van der Waals surface area contributed by atoms with Crippen LogP contribution in [-0.2, 0) is 20.9 Å². The van der Waals surface area contributed by atoms with Crippen LogP contribution in [0.25, 0.3) is 16.7 Å². The maximum atomic E-state index is 13.6. The molecule has 2 aromatic carbocycles. The highest BCUT2D eigenvalue weighted by atomic mass is 19.1. The predicted octanol–water partition coefficient (Wildman–Crippen LogP) is 4.01. The average molecular weight is 415 g/mol. The zero-order valence-corrected chi connectivity index (χ0v) is 16.3. The molecule has 1 heterocycles. The van der Waals surface area contributed by atoms with Crippen molar-refractivity contribution < 1.29 is 33.0 Å². The molecule has 0 unspecified atom stereocenters. The lowest BCUT2D eigenvalue weighted by Gasteiger charge is -2.07. The maximum absolute atomic E-state index is 13.6. The highest BCUT2D eigenvalue weighted by Gasteiger charge is 2.19. The number of hydrogen-bond donors (Lipinski definition) is 1. The van der Waals surface area contributed by atoms with Gasteiger partial charge in [0.15, 0.2) is 0 Å². The number of aliphatic hydroxyl groups is 1. The van der Waals surface area contributed by atoms with Crippen molar-refractivity contribution in [2.45, 2.75) is 13.5 Å². The normalized spacial score (nSPS) is 11.5. The van der Waals surface area contributed by atoms with Crippen molar-refractivity contribution >= 4 is 28.4 Å². The molecule has 0 radical (unpaired) electrons. The fourth-order valence-electron chi connectivity index (χ4n) is 3.18. The number of aliphatic hydroxyl groups excluding tert-OH is 1. The van der Waals surface area contributed by atoms with Crippen LogP contribution in [0, 0.1) is 11.6 Å². The van der Waals surface area contributed by atoms with Crippen LogP contribution in [0.3, 0.4) is 0 Å². The highest BCUT2D eigenvalue weighted by Crippen LogP contribution is 2.34. The summed E-state index contributed by atoms with van der Waals surface area (Å²) in [7, 11) is 1.45. The van der Waals surface area contributed by atoms with E-state index in [9.17, 15) is 23.5 Å². The largest absolute Gasteiger partial charge is 0.507 e. The van der Waals surface area contributed by atoms with Gasteiger partial charge in [0.1, 0.15) is 23.1 Å². The molecule has 0 atom stereocenters. The Bertz CT molecular complexity index is 1130. The molecule has 0 spiro atoms. The lowest BCUT2D eigenvalue weighted by Crippen LogP contribution is -2.15. The van der Waals surface area contributed by atoms with Gasteiger partial charge in [0, 0.05) is 30.4 Å². The molecule has 8 heteroatoms. The second kappa shape index (κ2) is 8.77. The zero-order valence-electron chi connectivity index (χ0n) is 16.3. The third-order valence-corrected chi connectivity index (χ3v) is 4.38. The van der Waals surface area contributed by atoms with E-state index in [1.54, 1.807) is 29.7 Å². The van der Waals surface area contributed by atoms with Gasteiger partial charge in [-0.05, 0) is 36.8 Å². The number of methoxy groups -OCH3 is 1. The topological polar surface area (TPSA) is 77.8 Å². The number of ketones is 1. The first-order chi connectivity index (χ1) is 14.3. The monoisotopic (exact) mass is 415 g/mol. The molecule has 0 fully saturated rings. The molecule has 1 aromatic heterocycles. The van der Waals surface area contributed by atoms with E-state index < -0.39 is 29.1 Å². The third kappa shape index (κ3) is 4.32. The molecule has 6 nitrogen and oxygen atoms in total. The summed E-state index contributed by atoms with van der Waals surface area (Å²) in [6.07, 6.45) is 2.28. The van der Waals surface area contributed by atoms with Gasteiger partial charge in [-0.2, -0.15) is 0 Å². The smallest absolute Gasteiger partial charge is 0.379 e. The van der Waals surface area contributed by atoms with Crippen molar-refractivity contribution in [1.82, 2.24) is 4.57 Å². The Morgan fingerprint density at radius 2 is 1.87 bits per heavy atom. The average Bonchev–Trinajstić information content (AvgIpc) is 3.06. The minimum atomic E-state index is -1.09. The summed E-state index contributed by atoms with van der Waals surface area (Å²) in [5.41, 5.74) is 1.18. The summed E-state index contributed by atoms with van der Waals surface area (Å²) in [6, 6.07) is 8.30. The molecular weight excluding hydrogens is 396 g/mol. The Morgan fingerprint density at radius 3 is 2.50 bits per heavy atom. The van der Waals surface area contributed by atoms with E-state index >= 15 is 0 Å². The molecule has 0 saturated heterocycles. The second-order valence-electron chi connectivity index (χ2n) is 6.42. The summed E-state index contributed by atoms with van der Waals surface area (Å²) >= 11 is 0. The summed E-state index contributed by atoms with van der Waals surface area (Å²) in [6.45, 7) is 1.68. The molecule has 0 amide bonds. The quantitative estimate of drug-likeness (QED) is 0.273. The number of esters is 1. The van der Waals surface area contributed by atoms with Crippen molar-refractivity contribution in [2.75, 3.05) is 13.7 Å². The van der Waals surface area contributed by atoms with Crippen LogP contribution in [0.5, 0.6) is 5.75 Å². The van der Waals surface area contributed by atoms with Crippen LogP contribution in [0.15, 0.2) is 48.7 Å². The Hall–Kier alpha value is -3.68. The van der Waals surface area contributed by atoms with Crippen LogP contribution in [0.4, 0.5) is 8.78 Å². The van der Waals surface area contributed by atoms with Crippen LogP contribution < -0.4 is 4.74 Å². The Kier molecular flexibility index (Phi) is 6.15. The summed E-state index contributed by atoms with van der Waals surface area (Å²) < 4.78 is 38.8. The number of nitrogens with zero attached hydrogens (tertiary/aromatic N) is 1. The van der Waals surface area contributed by atoms with Gasteiger partial charge in [-0.1, -0.05) is 6.07 Å². The van der Waals surface area contributed by atoms with Gasteiger partial charge < -0.3 is 19.1 Å². The number of halogens is 2. The van der Waals surface area contributed by atoms with E-state index in [1.807, 2.05) is 0 Å². The highest BCUT2D eigenvalue weighted by molar-refractivity contribution is 6.39. The second-order valence-corrected chi connectivity index (χ2v) is 6.42. The molecular formula is C22H19F2NO5. The van der Waals surface area contributed by atoms with Gasteiger partial charge in [-0.25, -0.2) is 13.6 Å². The Morgan fingerprint density at radius 1 is 1.17 bits per heavy atom. The molecule has 30 heavy (non-hydrogen) atoms. The summed E-state index contributed by atoms with van der Waals surface area (Å²) in [5.74, 6) is -3.57. The number of carbonyl (C=O) groups is 2. The van der Waals surface area contributed by atoms with Crippen molar-refractivity contribution in [3.63, 3.8) is 0 Å². The van der Waals surface area contributed by atoms with E-state index in [4.69, 9.17) is 4.74 Å². The van der Waals surface area contributed by atoms with Gasteiger partial charge in [0.25, 0.3) is 5.78 Å². The lowest BCUT2D eigenvalue weighted by atomic mass is 10.1. The number of ether oxygens (including phenoxy) is 2. The van der Waals surface area contributed by atoms with Crippen molar-refractivity contribution in [2.24, 2.45) is 0 Å². The number of aromatic nitrogens is 1. The van der Waals surface area contributed by atoms with Gasteiger partial charge >= 0.3 is 5.97 Å². The fraction of sp³-hybridized carbons (Fsp3) is 0.182. The van der Waals surface area contributed by atoms with Crippen molar-refractivity contribution in [3.05, 3.63) is 71.4 Å². The van der Waals surface area contributed by atoms with Crippen molar-refractivity contribution in [3.8, 4) is 5.75 Å². The van der Waals surface area contributed by atoms with E-state index in [1.165, 1.54) is 25.4 Å². The molecule has 3 rings (SSSR count). The molecule has 3 aromatic rings. The molecule has 0 aliphatic heterocycles. The minimum absolute atomic E-state index is 0.0243. The maximum Gasteiger partial charge on any atom is 0.379 e. The van der Waals surface area contributed by atoms with E-state index in [-0.39, 0.29) is 18.7 Å². The van der Waals surface area contributed by atoms with Gasteiger partial charge in [-0.3, -0.25) is 4.79 Å². The van der Waals surface area contributed by atoms with Crippen LogP contribution in [0.1, 0.15) is 18.1 Å². The van der Waals surface area contributed by atoms with Crippen LogP contribution in [-0.4, -0.2) is 35.1 Å². The summed E-state index contributed by atoms with van der Waals surface area (Å²) in [4.78, 5) is 23.5. The SMILES string of the molecule is CCOC(=O)C(=O)/C=C(\O)c1cn(Cc2cc(F)cc(F)c2)c2cccc(OC)c12. The Labute approximate surface area is 170 Å². The van der Waals surface area contributed by atoms with Crippen LogP contribution >= 0.6 is 0 Å². The molecule has 0 bridgehead atoms. The molecule has 0 aliphatic rings. The molecule has 156 valence electrons. The number of fused-ring (bicyclic) bond motifs is 1. The number of benzene rings is 2. The first-order valence-corrected chi connectivity index (χ1v) is 9.07. The third-order valence-electron chi connectivity index (χ3n) is 4.38. The molecule has 0 saturated carbocycles. The Balaban J connectivity index is 2.10. The van der Waals surface area contributed by atoms with Gasteiger partial charge in [0.2, 0.25) is 0 Å². The predicted molar refractivity (Wildman–Crippen MR) is 106 cm³/mol. The fourth-order valence-corrected chi connectivity index (χ4v) is 3.18. The van der Waals surface area contributed by atoms with E-state index in [0.29, 0.717) is 22.2 Å². The number of hydrogen-bond acceptors (Lipinski definition) is 5. The lowest BCUT2D eigenvalue weighted by molar-refractivity contribution is -0.151. The minimum Gasteiger partial charge on any atom is -0.507 e. The standard InChI is InChI=1S/C22H19F2NO5/c1-3-30-22(28)19(27)10-18(26)16-12-25(11-13-7-14(23)9-15(24)8-13)17-5-4-6-20(29-2)21(16)17/h4-10,12,26H,3,11H2,1-2H3/b18-10-. The van der Waals surface area contributed by atoms with Gasteiger partial charge in [-0.15, -0.1) is 0 Å². The molecule has 1 N–H and O–H groups in total. The number of rotatable bonds is 7. The number of carbonyl (C=O) groups excluding carboxylic acids is 2. The summed E-state index contributed by atoms with van der Waals surface area (Å²) in [5, 5.41) is 11.0. The van der Waals surface area contributed by atoms with E-state index in [0.717, 1.165) is 12.1 Å². The first kappa shape index (κ1) is 21.0. The van der Waals surface area contributed by atoms with Crippen LogP contribution in [0.2, 0.25) is 0 Å². The van der Waals surface area contributed by atoms with E-state index in [2.05, 4.69) is 4.74 Å². The van der Waals surface area contributed by atoms with Crippen molar-refractivity contribution in [1.29, 1.82) is 0 Å². The first-order valence-electron chi connectivity index (χ1n) is 9.07. The molecule has 0 aliphatic carbocycles. The zero-order chi connectivity index (χ0) is 21.8. The van der Waals surface area contributed by atoms with Gasteiger partial charge in [0.05, 0.1) is 24.6 Å².